The summed E-state index contributed by atoms with van der Waals surface area (Å²) in [6.45, 7) is 9.42. The third-order valence-electron chi connectivity index (χ3n) is 2.66. The minimum atomic E-state index is -0.598. The van der Waals surface area contributed by atoms with Gasteiger partial charge < -0.3 is 9.84 Å². The molecule has 2 nitrogen and oxygen atoms in total. The highest BCUT2D eigenvalue weighted by Crippen LogP contribution is 2.22. The van der Waals surface area contributed by atoms with Crippen molar-refractivity contribution in [3.8, 4) is 0 Å². The van der Waals surface area contributed by atoms with Crippen molar-refractivity contribution in [2.75, 3.05) is 7.11 Å². The maximum absolute atomic E-state index is 9.68. The molecule has 0 bridgehead atoms. The number of aliphatic hydroxyl groups is 1. The Labute approximate surface area is 81.6 Å². The van der Waals surface area contributed by atoms with E-state index in [9.17, 15) is 5.11 Å². The number of hydrogen-bond acceptors (Lipinski definition) is 2. The zero-order chi connectivity index (χ0) is 10.5. The van der Waals surface area contributed by atoms with Gasteiger partial charge in [0.05, 0.1) is 11.7 Å². The predicted octanol–water partition coefficient (Wildman–Crippen LogP) is 2.37. The fourth-order valence-corrected chi connectivity index (χ4v) is 1.10. The van der Waals surface area contributed by atoms with Crippen LogP contribution in [0.3, 0.4) is 0 Å². The molecule has 0 rings (SSSR count). The molecule has 0 aliphatic heterocycles. The Bertz CT molecular complexity index is 147. The number of hydrogen-bond donors (Lipinski definition) is 1. The second-order valence-electron chi connectivity index (χ2n) is 4.14. The first-order valence-corrected chi connectivity index (χ1v) is 4.79. The van der Waals surface area contributed by atoms with E-state index in [0.29, 0.717) is 0 Å². The summed E-state index contributed by atoms with van der Waals surface area (Å²) in [6.07, 6.45) is 3.79. The van der Waals surface area contributed by atoms with Gasteiger partial charge in [-0.3, -0.25) is 0 Å². The highest BCUT2D eigenvalue weighted by Gasteiger charge is 2.22. The van der Waals surface area contributed by atoms with E-state index in [1.54, 1.807) is 13.2 Å². The van der Waals surface area contributed by atoms with Crippen LogP contribution in [0.5, 0.6) is 0 Å². The van der Waals surface area contributed by atoms with Gasteiger partial charge in [-0.15, -0.1) is 6.58 Å². The Hall–Kier alpha value is -0.340. The van der Waals surface area contributed by atoms with Crippen molar-refractivity contribution in [2.45, 2.75) is 45.3 Å². The monoisotopic (exact) mass is 186 g/mol. The van der Waals surface area contributed by atoms with E-state index >= 15 is 0 Å². The molecule has 0 aliphatic carbocycles. The molecule has 0 aromatic heterocycles. The molecular formula is C11H22O2. The van der Waals surface area contributed by atoms with Crippen LogP contribution in [-0.2, 0) is 4.74 Å². The van der Waals surface area contributed by atoms with Gasteiger partial charge in [0.1, 0.15) is 0 Å². The standard InChI is InChI=1S/C11H22O2/c1-6-10(13-5)8-7-9(2)11(3,4)12/h6,9-10,12H,1,7-8H2,2-5H3. The summed E-state index contributed by atoms with van der Waals surface area (Å²) < 4.78 is 5.16. The van der Waals surface area contributed by atoms with Gasteiger partial charge in [0, 0.05) is 7.11 Å². The molecule has 13 heavy (non-hydrogen) atoms. The van der Waals surface area contributed by atoms with Crippen molar-refractivity contribution in [1.29, 1.82) is 0 Å². The summed E-state index contributed by atoms with van der Waals surface area (Å²) in [6, 6.07) is 0. The van der Waals surface area contributed by atoms with Gasteiger partial charge in [-0.05, 0) is 32.6 Å². The molecule has 2 heteroatoms. The molecule has 0 spiro atoms. The molecule has 0 radical (unpaired) electrons. The van der Waals surface area contributed by atoms with E-state index < -0.39 is 5.60 Å². The lowest BCUT2D eigenvalue weighted by atomic mass is 9.88. The topological polar surface area (TPSA) is 29.5 Å². The Kier molecular flexibility index (Phi) is 5.26. The molecule has 0 aromatic carbocycles. The molecule has 1 N–H and O–H groups in total. The smallest absolute Gasteiger partial charge is 0.0749 e. The lowest BCUT2D eigenvalue weighted by Gasteiger charge is -2.26. The van der Waals surface area contributed by atoms with Gasteiger partial charge >= 0.3 is 0 Å². The summed E-state index contributed by atoms with van der Waals surface area (Å²) in [5.74, 6) is 0.282. The Balaban J connectivity index is 3.81. The van der Waals surface area contributed by atoms with Crippen LogP contribution in [0.15, 0.2) is 12.7 Å². The zero-order valence-electron chi connectivity index (χ0n) is 9.21. The average molecular weight is 186 g/mol. The fourth-order valence-electron chi connectivity index (χ4n) is 1.10. The maximum Gasteiger partial charge on any atom is 0.0749 e. The van der Waals surface area contributed by atoms with E-state index in [-0.39, 0.29) is 12.0 Å². The summed E-state index contributed by atoms with van der Waals surface area (Å²) in [7, 11) is 1.68. The second kappa shape index (κ2) is 5.40. The number of ether oxygens (including phenoxy) is 1. The molecule has 0 aromatic rings. The highest BCUT2D eigenvalue weighted by atomic mass is 16.5. The van der Waals surface area contributed by atoms with Crippen molar-refractivity contribution in [3.05, 3.63) is 12.7 Å². The van der Waals surface area contributed by atoms with E-state index in [4.69, 9.17) is 4.74 Å². The van der Waals surface area contributed by atoms with E-state index in [0.717, 1.165) is 12.8 Å². The minimum absolute atomic E-state index is 0.116. The van der Waals surface area contributed by atoms with Crippen LogP contribution in [0.25, 0.3) is 0 Å². The van der Waals surface area contributed by atoms with Crippen LogP contribution in [0, 0.1) is 5.92 Å². The first-order chi connectivity index (χ1) is 5.91. The van der Waals surface area contributed by atoms with Gasteiger partial charge in [-0.1, -0.05) is 13.0 Å². The first-order valence-electron chi connectivity index (χ1n) is 4.79. The molecule has 2 unspecified atom stereocenters. The molecule has 0 heterocycles. The molecule has 0 aliphatic rings. The Morgan fingerprint density at radius 2 is 2.00 bits per heavy atom. The minimum Gasteiger partial charge on any atom is -0.390 e. The van der Waals surface area contributed by atoms with Gasteiger partial charge in [0.2, 0.25) is 0 Å². The molecule has 0 amide bonds. The average Bonchev–Trinajstić information content (AvgIpc) is 2.04. The van der Waals surface area contributed by atoms with Crippen molar-refractivity contribution >= 4 is 0 Å². The van der Waals surface area contributed by atoms with E-state index in [1.807, 2.05) is 13.8 Å². The summed E-state index contributed by atoms with van der Waals surface area (Å²) in [4.78, 5) is 0. The van der Waals surface area contributed by atoms with Gasteiger partial charge in [0.15, 0.2) is 0 Å². The summed E-state index contributed by atoms with van der Waals surface area (Å²) in [5.41, 5.74) is -0.598. The lowest BCUT2D eigenvalue weighted by Crippen LogP contribution is -2.29. The van der Waals surface area contributed by atoms with E-state index in [1.165, 1.54) is 0 Å². The SMILES string of the molecule is C=CC(CCC(C)C(C)(C)O)OC. The fraction of sp³-hybridized carbons (Fsp3) is 0.818. The third kappa shape index (κ3) is 5.06. The number of rotatable bonds is 6. The van der Waals surface area contributed by atoms with Crippen molar-refractivity contribution in [1.82, 2.24) is 0 Å². The largest absolute Gasteiger partial charge is 0.390 e. The van der Waals surface area contributed by atoms with Gasteiger partial charge in [0.25, 0.3) is 0 Å². The molecule has 2 atom stereocenters. The van der Waals surface area contributed by atoms with Crippen molar-refractivity contribution < 1.29 is 9.84 Å². The molecule has 0 saturated carbocycles. The van der Waals surface area contributed by atoms with Crippen molar-refractivity contribution in [3.63, 3.8) is 0 Å². The Morgan fingerprint density at radius 1 is 1.46 bits per heavy atom. The third-order valence-corrected chi connectivity index (χ3v) is 2.66. The second-order valence-corrected chi connectivity index (χ2v) is 4.14. The normalized spacial score (nSPS) is 16.7. The van der Waals surface area contributed by atoms with Crippen LogP contribution in [0.2, 0.25) is 0 Å². The van der Waals surface area contributed by atoms with Crippen LogP contribution in [0.4, 0.5) is 0 Å². The predicted molar refractivity (Wildman–Crippen MR) is 55.7 cm³/mol. The van der Waals surface area contributed by atoms with Crippen LogP contribution < -0.4 is 0 Å². The Morgan fingerprint density at radius 3 is 2.31 bits per heavy atom. The lowest BCUT2D eigenvalue weighted by molar-refractivity contribution is 0.0145. The summed E-state index contributed by atoms with van der Waals surface area (Å²) >= 11 is 0. The molecule has 78 valence electrons. The quantitative estimate of drug-likeness (QED) is 0.645. The summed E-state index contributed by atoms with van der Waals surface area (Å²) in [5, 5.41) is 9.68. The van der Waals surface area contributed by atoms with Crippen LogP contribution in [0.1, 0.15) is 33.6 Å². The zero-order valence-corrected chi connectivity index (χ0v) is 9.21. The van der Waals surface area contributed by atoms with Crippen LogP contribution in [-0.4, -0.2) is 23.9 Å². The maximum atomic E-state index is 9.68. The molecular weight excluding hydrogens is 164 g/mol. The van der Waals surface area contributed by atoms with Gasteiger partial charge in [-0.2, -0.15) is 0 Å². The molecule has 0 saturated heterocycles. The first kappa shape index (κ1) is 12.7. The van der Waals surface area contributed by atoms with Gasteiger partial charge in [-0.25, -0.2) is 0 Å². The molecule has 0 fully saturated rings. The number of methoxy groups -OCH3 is 1. The van der Waals surface area contributed by atoms with Crippen LogP contribution >= 0.6 is 0 Å². The van der Waals surface area contributed by atoms with E-state index in [2.05, 4.69) is 13.5 Å². The highest BCUT2D eigenvalue weighted by molar-refractivity contribution is 4.82. The van der Waals surface area contributed by atoms with Crippen molar-refractivity contribution in [2.24, 2.45) is 5.92 Å².